The van der Waals surface area contributed by atoms with E-state index in [1.807, 2.05) is 45.4 Å². The number of carbonyl (C=O) groups excluding carboxylic acids is 4. The van der Waals surface area contributed by atoms with Gasteiger partial charge in [-0.25, -0.2) is 4.98 Å². The molecule has 0 spiro atoms. The van der Waals surface area contributed by atoms with Crippen LogP contribution in [0.1, 0.15) is 80.5 Å². The first kappa shape index (κ1) is 38.6. The van der Waals surface area contributed by atoms with Gasteiger partial charge in [-0.1, -0.05) is 55.6 Å². The molecule has 5 rings (SSSR count). The highest BCUT2D eigenvalue weighted by molar-refractivity contribution is 7.18. The van der Waals surface area contributed by atoms with Gasteiger partial charge in [0.05, 0.1) is 21.3 Å². The Hall–Kier alpha value is -3.58. The predicted octanol–water partition coefficient (Wildman–Crippen LogP) is 4.58. The molecule has 13 heteroatoms. The van der Waals surface area contributed by atoms with E-state index in [2.05, 4.69) is 48.2 Å². The molecule has 276 valence electrons. The van der Waals surface area contributed by atoms with Crippen LogP contribution in [0.3, 0.4) is 0 Å². The molecule has 2 aromatic carbocycles. The molecule has 1 unspecified atom stereocenters. The van der Waals surface area contributed by atoms with Crippen molar-refractivity contribution in [2.75, 3.05) is 34.2 Å². The molecule has 1 aliphatic heterocycles. The summed E-state index contributed by atoms with van der Waals surface area (Å²) in [6.45, 7) is 4.07. The maximum absolute atomic E-state index is 14.2. The van der Waals surface area contributed by atoms with Crippen LogP contribution in [0.25, 0.3) is 10.2 Å². The molecule has 1 aliphatic carbocycles. The lowest BCUT2D eigenvalue weighted by molar-refractivity contribution is -0.135. The molecule has 51 heavy (non-hydrogen) atoms. The number of rotatable bonds is 16. The SMILES string of the molecule is CCC(=O)N[C@@H](Cc1nc2ccc(Cl)cc2s1)C(=O)NC(C(=O)N[C@@H](CCCCN(C)C)C(=O)N[C@@H]1CN(C)Cc2ccccc21)C1CCCC1. The van der Waals surface area contributed by atoms with E-state index >= 15 is 0 Å². The van der Waals surface area contributed by atoms with Gasteiger partial charge < -0.3 is 26.2 Å². The summed E-state index contributed by atoms with van der Waals surface area (Å²) in [5.74, 6) is -1.42. The number of hydrogen-bond donors (Lipinski definition) is 4. The first-order chi connectivity index (χ1) is 24.5. The molecule has 2 heterocycles. The lowest BCUT2D eigenvalue weighted by atomic mass is 9.94. The smallest absolute Gasteiger partial charge is 0.243 e. The molecular weight excluding hydrogens is 686 g/mol. The molecule has 1 aromatic heterocycles. The molecule has 0 bridgehead atoms. The normalized spacial score (nSPS) is 18.2. The van der Waals surface area contributed by atoms with Crippen molar-refractivity contribution in [3.63, 3.8) is 0 Å². The molecule has 0 saturated heterocycles. The van der Waals surface area contributed by atoms with Crippen LogP contribution < -0.4 is 21.3 Å². The average molecular weight is 738 g/mol. The van der Waals surface area contributed by atoms with Crippen molar-refractivity contribution in [2.45, 2.75) is 95.4 Å². The van der Waals surface area contributed by atoms with Crippen molar-refractivity contribution >= 4 is 56.8 Å². The molecule has 1 fully saturated rings. The topological polar surface area (TPSA) is 136 Å². The lowest BCUT2D eigenvalue weighted by Gasteiger charge is -2.34. The van der Waals surface area contributed by atoms with E-state index in [0.717, 1.165) is 67.4 Å². The summed E-state index contributed by atoms with van der Waals surface area (Å²) in [6, 6.07) is 10.8. The number of aromatic nitrogens is 1. The number of benzene rings is 2. The zero-order valence-electron chi connectivity index (χ0n) is 30.2. The minimum absolute atomic E-state index is 0.0857. The summed E-state index contributed by atoms with van der Waals surface area (Å²) in [7, 11) is 6.06. The van der Waals surface area contributed by atoms with E-state index in [4.69, 9.17) is 11.6 Å². The summed E-state index contributed by atoms with van der Waals surface area (Å²) >= 11 is 7.61. The van der Waals surface area contributed by atoms with Crippen molar-refractivity contribution in [2.24, 2.45) is 5.92 Å². The fraction of sp³-hybridized carbons (Fsp3) is 0.553. The van der Waals surface area contributed by atoms with Crippen LogP contribution in [-0.4, -0.2) is 90.8 Å². The van der Waals surface area contributed by atoms with Crippen LogP contribution in [0.2, 0.25) is 5.02 Å². The van der Waals surface area contributed by atoms with E-state index in [9.17, 15) is 19.2 Å². The Morgan fingerprint density at radius 1 is 0.980 bits per heavy atom. The third kappa shape index (κ3) is 10.7. The quantitative estimate of drug-likeness (QED) is 0.158. The maximum Gasteiger partial charge on any atom is 0.243 e. The van der Waals surface area contributed by atoms with Crippen molar-refractivity contribution in [3.8, 4) is 0 Å². The summed E-state index contributed by atoms with van der Waals surface area (Å²) in [5.41, 5.74) is 3.03. The van der Waals surface area contributed by atoms with Crippen LogP contribution in [0.5, 0.6) is 0 Å². The molecule has 1 saturated carbocycles. The molecule has 11 nitrogen and oxygen atoms in total. The number of likely N-dealkylation sites (N-methyl/N-ethyl adjacent to an activating group) is 1. The fourth-order valence-corrected chi connectivity index (χ4v) is 8.43. The van der Waals surface area contributed by atoms with Gasteiger partial charge in [0.25, 0.3) is 0 Å². The molecule has 4 N–H and O–H groups in total. The van der Waals surface area contributed by atoms with E-state index in [-0.39, 0.29) is 42.5 Å². The molecule has 0 radical (unpaired) electrons. The first-order valence-electron chi connectivity index (χ1n) is 18.2. The zero-order chi connectivity index (χ0) is 36.5. The second-order valence-electron chi connectivity index (χ2n) is 14.2. The van der Waals surface area contributed by atoms with Crippen LogP contribution in [0.4, 0.5) is 0 Å². The largest absolute Gasteiger partial charge is 0.346 e. The number of fused-ring (bicyclic) bond motifs is 2. The van der Waals surface area contributed by atoms with Gasteiger partial charge in [0.15, 0.2) is 0 Å². The van der Waals surface area contributed by atoms with Gasteiger partial charge in [-0.2, -0.15) is 0 Å². The Balaban J connectivity index is 1.34. The highest BCUT2D eigenvalue weighted by Crippen LogP contribution is 2.30. The summed E-state index contributed by atoms with van der Waals surface area (Å²) < 4.78 is 0.889. The van der Waals surface area contributed by atoms with Gasteiger partial charge >= 0.3 is 0 Å². The number of amides is 4. The maximum atomic E-state index is 14.2. The molecule has 2 aliphatic rings. The lowest BCUT2D eigenvalue weighted by Crippen LogP contribution is -2.59. The zero-order valence-corrected chi connectivity index (χ0v) is 31.7. The summed E-state index contributed by atoms with van der Waals surface area (Å²) in [5, 5.41) is 13.5. The van der Waals surface area contributed by atoms with Crippen LogP contribution in [-0.2, 0) is 32.1 Å². The van der Waals surface area contributed by atoms with Crippen LogP contribution in [0.15, 0.2) is 42.5 Å². The summed E-state index contributed by atoms with van der Waals surface area (Å²) in [4.78, 5) is 63.8. The van der Waals surface area contributed by atoms with Crippen molar-refractivity contribution < 1.29 is 19.2 Å². The van der Waals surface area contributed by atoms with Gasteiger partial charge in [-0.05, 0) is 95.0 Å². The third-order valence-electron chi connectivity index (χ3n) is 9.86. The van der Waals surface area contributed by atoms with E-state index < -0.39 is 24.0 Å². The molecule has 4 amide bonds. The minimum Gasteiger partial charge on any atom is -0.346 e. The van der Waals surface area contributed by atoms with Crippen LogP contribution in [0, 0.1) is 5.92 Å². The Kier molecular flexibility index (Phi) is 13.8. The number of halogens is 1. The Labute approximate surface area is 310 Å². The average Bonchev–Trinajstić information content (AvgIpc) is 3.77. The number of thiazole rings is 1. The van der Waals surface area contributed by atoms with Gasteiger partial charge in [-0.3, -0.25) is 24.1 Å². The van der Waals surface area contributed by atoms with Crippen molar-refractivity contribution in [1.82, 2.24) is 36.1 Å². The number of hydrogen-bond acceptors (Lipinski definition) is 8. The van der Waals surface area contributed by atoms with Gasteiger partial charge in [0.1, 0.15) is 18.1 Å². The highest BCUT2D eigenvalue weighted by Gasteiger charge is 2.37. The predicted molar refractivity (Wildman–Crippen MR) is 202 cm³/mol. The molecular formula is C38H52ClN7O4S. The number of nitrogens with zero attached hydrogens (tertiary/aromatic N) is 3. The molecule has 3 aromatic rings. The second-order valence-corrected chi connectivity index (χ2v) is 15.8. The highest BCUT2D eigenvalue weighted by atomic mass is 35.5. The number of unbranched alkanes of at least 4 members (excludes halogenated alkanes) is 1. The van der Waals surface area contributed by atoms with Crippen molar-refractivity contribution in [1.29, 1.82) is 0 Å². The summed E-state index contributed by atoms with van der Waals surface area (Å²) in [6.07, 6.45) is 5.95. The van der Waals surface area contributed by atoms with Crippen molar-refractivity contribution in [3.05, 3.63) is 63.6 Å². The Morgan fingerprint density at radius 3 is 2.49 bits per heavy atom. The Bertz CT molecular complexity index is 1680. The Morgan fingerprint density at radius 2 is 1.75 bits per heavy atom. The van der Waals surface area contributed by atoms with E-state index in [1.54, 1.807) is 13.0 Å². The monoisotopic (exact) mass is 737 g/mol. The standard InChI is InChI=1S/C38H52ClN7O4S/c1-5-33(47)40-30(21-34-41-28-18-17-26(39)20-32(28)51-34)37(49)44-35(24-12-6-7-13-24)38(50)42-29(16-10-11-19-45(2)3)36(48)43-31-23-46(4)22-25-14-8-9-15-27(25)31/h8-9,14-15,17-18,20,24,29-31,35H,5-7,10-13,16,19,21-23H2,1-4H3,(H,40,47)(H,42,50)(H,43,48)(H,44,49)/t29-,30-,31+,35?/m0/s1. The van der Waals surface area contributed by atoms with Gasteiger partial charge in [-0.15, -0.1) is 11.3 Å². The number of nitrogens with one attached hydrogen (secondary N) is 4. The van der Waals surface area contributed by atoms with Gasteiger partial charge in [0, 0.05) is 31.0 Å². The first-order valence-corrected chi connectivity index (χ1v) is 19.4. The van der Waals surface area contributed by atoms with Crippen LogP contribution >= 0.6 is 22.9 Å². The minimum atomic E-state index is -0.932. The second kappa shape index (κ2) is 18.3. The van der Waals surface area contributed by atoms with Gasteiger partial charge in [0.2, 0.25) is 23.6 Å². The molecule has 4 atom stereocenters. The number of carbonyl (C=O) groups is 4. The fourth-order valence-electron chi connectivity index (χ4n) is 7.14. The van der Waals surface area contributed by atoms with E-state index in [0.29, 0.717) is 23.0 Å². The van der Waals surface area contributed by atoms with E-state index in [1.165, 1.54) is 16.9 Å². The third-order valence-corrected chi connectivity index (χ3v) is 11.1.